The highest BCUT2D eigenvalue weighted by Crippen LogP contribution is 2.39. The molecule has 0 aliphatic rings. The van der Waals surface area contributed by atoms with Crippen molar-refractivity contribution in [3.63, 3.8) is 0 Å². The van der Waals surface area contributed by atoms with Crippen LogP contribution in [0, 0.1) is 19.7 Å². The zero-order valence-electron chi connectivity index (χ0n) is 17.2. The number of halogens is 4. The molecule has 0 aliphatic heterocycles. The molecule has 0 amide bonds. The first-order valence-electron chi connectivity index (χ1n) is 9.16. The fourth-order valence-electron chi connectivity index (χ4n) is 2.62. The number of thioether (sulfide) groups is 1. The molecular formula is C23H26F4S2. The minimum Gasteiger partial charge on any atom is -0.207 e. The second kappa shape index (κ2) is 10.9. The van der Waals surface area contributed by atoms with Crippen LogP contribution in [0.4, 0.5) is 17.6 Å². The number of allylic oxidation sites excluding steroid dienone is 1. The van der Waals surface area contributed by atoms with E-state index >= 15 is 0 Å². The minimum absolute atomic E-state index is 0.107. The van der Waals surface area contributed by atoms with Crippen molar-refractivity contribution in [3.05, 3.63) is 81.5 Å². The van der Waals surface area contributed by atoms with Crippen molar-refractivity contribution in [1.29, 1.82) is 0 Å². The number of hydrogen-bond acceptors (Lipinski definition) is 2. The van der Waals surface area contributed by atoms with Gasteiger partial charge in [-0.3, -0.25) is 0 Å². The minimum atomic E-state index is -4.64. The van der Waals surface area contributed by atoms with Crippen LogP contribution >= 0.6 is 24.4 Å². The van der Waals surface area contributed by atoms with Crippen LogP contribution in [0.3, 0.4) is 0 Å². The maximum Gasteiger partial charge on any atom is 0.417 e. The van der Waals surface area contributed by atoms with Gasteiger partial charge < -0.3 is 0 Å². The van der Waals surface area contributed by atoms with Crippen LogP contribution in [0.1, 0.15) is 48.6 Å². The third kappa shape index (κ3) is 7.27. The Labute approximate surface area is 180 Å². The summed E-state index contributed by atoms with van der Waals surface area (Å²) in [6.07, 6.45) is -3.96. The van der Waals surface area contributed by atoms with E-state index in [0.29, 0.717) is 12.5 Å². The van der Waals surface area contributed by atoms with E-state index in [0.717, 1.165) is 51.1 Å². The number of alkyl halides is 3. The quantitative estimate of drug-likeness (QED) is 0.357. The SMILES string of the molecule is C=C(S/C=C(\C)Cc1cc(C)c(S)cc1C)c1ccc(F)cc1C(F)(F)F.CC. The Morgan fingerprint density at radius 3 is 2.31 bits per heavy atom. The van der Waals surface area contributed by atoms with Gasteiger partial charge in [-0.15, -0.1) is 12.6 Å². The van der Waals surface area contributed by atoms with Crippen LogP contribution in [0.15, 0.2) is 52.8 Å². The molecule has 29 heavy (non-hydrogen) atoms. The van der Waals surface area contributed by atoms with E-state index in [9.17, 15) is 17.6 Å². The molecule has 2 aromatic rings. The summed E-state index contributed by atoms with van der Waals surface area (Å²) in [5, 5.41) is 1.79. The van der Waals surface area contributed by atoms with Crippen molar-refractivity contribution in [1.82, 2.24) is 0 Å². The lowest BCUT2D eigenvalue weighted by atomic mass is 10.00. The summed E-state index contributed by atoms with van der Waals surface area (Å²) >= 11 is 5.52. The summed E-state index contributed by atoms with van der Waals surface area (Å²) in [6.45, 7) is 13.6. The standard InChI is InChI=1S/C21H20F4S2.C2H6/c1-12(7-16-8-14(3)20(26)9-13(16)2)11-27-15(4)18-6-5-17(22)10-19(18)21(23,24)25;1-2/h5-6,8-11,26H,4,7H2,1-3H3;1-2H3/b12-11+;. The second-order valence-corrected chi connectivity index (χ2v) is 7.88. The van der Waals surface area contributed by atoms with Crippen molar-refractivity contribution < 1.29 is 17.6 Å². The zero-order chi connectivity index (χ0) is 22.4. The molecule has 0 saturated carbocycles. The molecule has 2 aromatic carbocycles. The Morgan fingerprint density at radius 2 is 1.72 bits per heavy atom. The van der Waals surface area contributed by atoms with Gasteiger partial charge in [0.15, 0.2) is 0 Å². The number of benzene rings is 2. The average Bonchev–Trinajstić information content (AvgIpc) is 2.65. The molecule has 6 heteroatoms. The van der Waals surface area contributed by atoms with Gasteiger partial charge in [-0.05, 0) is 67.5 Å². The van der Waals surface area contributed by atoms with Crippen LogP contribution in [0.2, 0.25) is 0 Å². The molecule has 0 saturated heterocycles. The normalized spacial score (nSPS) is 11.7. The van der Waals surface area contributed by atoms with Crippen molar-refractivity contribution in [3.8, 4) is 0 Å². The van der Waals surface area contributed by atoms with Crippen molar-refractivity contribution in [2.45, 2.75) is 52.1 Å². The Morgan fingerprint density at radius 1 is 1.10 bits per heavy atom. The summed E-state index contributed by atoms with van der Waals surface area (Å²) in [5.41, 5.74) is 3.20. The van der Waals surface area contributed by atoms with Crippen molar-refractivity contribution in [2.24, 2.45) is 0 Å². The van der Waals surface area contributed by atoms with Gasteiger partial charge >= 0.3 is 6.18 Å². The van der Waals surface area contributed by atoms with Crippen LogP contribution in [-0.4, -0.2) is 0 Å². The molecule has 0 bridgehead atoms. The predicted octanol–water partition coefficient (Wildman–Crippen LogP) is 8.63. The lowest BCUT2D eigenvalue weighted by molar-refractivity contribution is -0.137. The molecule has 0 aromatic heterocycles. The average molecular weight is 443 g/mol. The third-order valence-electron chi connectivity index (χ3n) is 4.11. The summed E-state index contributed by atoms with van der Waals surface area (Å²) < 4.78 is 52.7. The monoisotopic (exact) mass is 442 g/mol. The fourth-order valence-corrected chi connectivity index (χ4v) is 3.61. The number of aryl methyl sites for hydroxylation is 2. The fraction of sp³-hybridized carbons (Fsp3) is 0.304. The first-order valence-corrected chi connectivity index (χ1v) is 10.5. The zero-order valence-corrected chi connectivity index (χ0v) is 19.0. The molecule has 0 heterocycles. The molecule has 0 spiro atoms. The Hall–Kier alpha value is -1.66. The predicted molar refractivity (Wildman–Crippen MR) is 120 cm³/mol. The van der Waals surface area contributed by atoms with Gasteiger partial charge in [0.25, 0.3) is 0 Å². The second-order valence-electron chi connectivity index (χ2n) is 6.43. The molecule has 2 rings (SSSR count). The Balaban J connectivity index is 0.00000204. The van der Waals surface area contributed by atoms with Gasteiger partial charge in [0, 0.05) is 15.4 Å². The topological polar surface area (TPSA) is 0 Å². The van der Waals surface area contributed by atoms with E-state index in [1.54, 1.807) is 5.41 Å². The van der Waals surface area contributed by atoms with E-state index < -0.39 is 17.6 Å². The van der Waals surface area contributed by atoms with Crippen LogP contribution in [-0.2, 0) is 12.6 Å². The van der Waals surface area contributed by atoms with Crippen molar-refractivity contribution in [2.75, 3.05) is 0 Å². The molecule has 0 N–H and O–H groups in total. The molecule has 0 radical (unpaired) electrons. The molecular weight excluding hydrogens is 416 g/mol. The van der Waals surface area contributed by atoms with Gasteiger partial charge in [-0.25, -0.2) is 4.39 Å². The summed E-state index contributed by atoms with van der Waals surface area (Å²) in [5.74, 6) is -0.922. The summed E-state index contributed by atoms with van der Waals surface area (Å²) in [6, 6.07) is 6.70. The van der Waals surface area contributed by atoms with E-state index in [2.05, 4.69) is 25.3 Å². The highest BCUT2D eigenvalue weighted by atomic mass is 32.2. The highest BCUT2D eigenvalue weighted by molar-refractivity contribution is 8.10. The highest BCUT2D eigenvalue weighted by Gasteiger charge is 2.34. The third-order valence-corrected chi connectivity index (χ3v) is 5.62. The smallest absolute Gasteiger partial charge is 0.207 e. The maximum atomic E-state index is 13.2. The van der Waals surface area contributed by atoms with Gasteiger partial charge in [-0.2, -0.15) is 13.2 Å². The number of thiol groups is 1. The first kappa shape index (κ1) is 25.4. The molecule has 0 nitrogen and oxygen atoms in total. The Kier molecular flexibility index (Phi) is 9.56. The summed E-state index contributed by atoms with van der Waals surface area (Å²) in [7, 11) is 0. The van der Waals surface area contributed by atoms with E-state index in [4.69, 9.17) is 0 Å². The lowest BCUT2D eigenvalue weighted by Gasteiger charge is -2.14. The maximum absolute atomic E-state index is 13.2. The van der Waals surface area contributed by atoms with Crippen LogP contribution in [0.25, 0.3) is 4.91 Å². The van der Waals surface area contributed by atoms with E-state index in [-0.39, 0.29) is 10.5 Å². The van der Waals surface area contributed by atoms with E-state index in [1.165, 1.54) is 0 Å². The van der Waals surface area contributed by atoms with Gasteiger partial charge in [0.2, 0.25) is 0 Å². The van der Waals surface area contributed by atoms with Crippen LogP contribution < -0.4 is 0 Å². The van der Waals surface area contributed by atoms with E-state index in [1.807, 2.05) is 40.7 Å². The van der Waals surface area contributed by atoms with Gasteiger partial charge in [0.05, 0.1) is 5.56 Å². The number of rotatable bonds is 5. The van der Waals surface area contributed by atoms with Crippen molar-refractivity contribution >= 4 is 29.3 Å². The Bertz CT molecular complexity index is 896. The molecule has 0 aliphatic carbocycles. The first-order chi connectivity index (χ1) is 13.5. The molecule has 0 unspecified atom stereocenters. The molecule has 0 atom stereocenters. The van der Waals surface area contributed by atoms with Gasteiger partial charge in [-0.1, -0.05) is 49.9 Å². The van der Waals surface area contributed by atoms with Crippen LogP contribution in [0.5, 0.6) is 0 Å². The molecule has 0 fully saturated rings. The van der Waals surface area contributed by atoms with Gasteiger partial charge in [0.1, 0.15) is 5.82 Å². The lowest BCUT2D eigenvalue weighted by Crippen LogP contribution is -2.08. The summed E-state index contributed by atoms with van der Waals surface area (Å²) in [4.78, 5) is 1.15. The largest absolute Gasteiger partial charge is 0.417 e. The number of hydrogen-bond donors (Lipinski definition) is 1. The molecule has 158 valence electrons.